The first-order valence-electron chi connectivity index (χ1n) is 8.44. The SMILES string of the molecule is CC(C)c1nc(N)cc(NC23CC4CC(CC(C4)C2)C3)n1. The summed E-state index contributed by atoms with van der Waals surface area (Å²) in [5.41, 5.74) is 6.25. The second-order valence-electron chi connectivity index (χ2n) is 8.01. The summed E-state index contributed by atoms with van der Waals surface area (Å²) in [7, 11) is 0. The van der Waals surface area contributed by atoms with E-state index in [9.17, 15) is 0 Å². The molecule has 4 heteroatoms. The molecule has 4 fully saturated rings. The molecular formula is C17H26N4. The van der Waals surface area contributed by atoms with Crippen molar-refractivity contribution in [2.45, 2.75) is 63.8 Å². The molecule has 21 heavy (non-hydrogen) atoms. The maximum atomic E-state index is 5.97. The lowest BCUT2D eigenvalue weighted by Crippen LogP contribution is -2.54. The molecule has 1 aromatic heterocycles. The van der Waals surface area contributed by atoms with Crippen molar-refractivity contribution in [1.29, 1.82) is 0 Å². The molecule has 0 unspecified atom stereocenters. The van der Waals surface area contributed by atoms with Crippen LogP contribution in [0.2, 0.25) is 0 Å². The summed E-state index contributed by atoms with van der Waals surface area (Å²) in [5, 5.41) is 3.79. The number of hydrogen-bond acceptors (Lipinski definition) is 4. The molecule has 4 nitrogen and oxygen atoms in total. The highest BCUT2D eigenvalue weighted by Crippen LogP contribution is 2.56. The number of nitrogens with zero attached hydrogens (tertiary/aromatic N) is 2. The van der Waals surface area contributed by atoms with Crippen LogP contribution in [0.15, 0.2) is 6.07 Å². The fourth-order valence-corrected chi connectivity index (χ4v) is 5.34. The van der Waals surface area contributed by atoms with Gasteiger partial charge in [-0.1, -0.05) is 13.8 Å². The summed E-state index contributed by atoms with van der Waals surface area (Å²) in [6.45, 7) is 4.23. The number of nitrogen functional groups attached to an aromatic ring is 1. The summed E-state index contributed by atoms with van der Waals surface area (Å²) in [4.78, 5) is 9.06. The molecule has 1 aromatic rings. The van der Waals surface area contributed by atoms with E-state index in [-0.39, 0.29) is 5.54 Å². The van der Waals surface area contributed by atoms with Gasteiger partial charge in [0, 0.05) is 17.5 Å². The number of nitrogens with one attached hydrogen (secondary N) is 1. The van der Waals surface area contributed by atoms with Gasteiger partial charge in [-0.05, 0) is 56.3 Å². The number of hydrogen-bond donors (Lipinski definition) is 2. The highest BCUT2D eigenvalue weighted by Gasteiger charge is 2.51. The van der Waals surface area contributed by atoms with Gasteiger partial charge in [-0.2, -0.15) is 0 Å². The van der Waals surface area contributed by atoms with Crippen LogP contribution in [0.3, 0.4) is 0 Å². The van der Waals surface area contributed by atoms with Crippen molar-refractivity contribution in [3.8, 4) is 0 Å². The molecule has 4 aliphatic carbocycles. The van der Waals surface area contributed by atoms with Gasteiger partial charge in [0.2, 0.25) is 0 Å². The van der Waals surface area contributed by atoms with Crippen molar-refractivity contribution in [3.63, 3.8) is 0 Å². The van der Waals surface area contributed by atoms with Crippen LogP contribution in [0.4, 0.5) is 11.6 Å². The van der Waals surface area contributed by atoms with Gasteiger partial charge >= 0.3 is 0 Å². The Morgan fingerprint density at radius 1 is 1.10 bits per heavy atom. The Balaban J connectivity index is 1.61. The van der Waals surface area contributed by atoms with E-state index >= 15 is 0 Å². The minimum absolute atomic E-state index is 0.282. The van der Waals surface area contributed by atoms with Crippen molar-refractivity contribution in [3.05, 3.63) is 11.9 Å². The molecule has 0 amide bonds. The first kappa shape index (κ1) is 13.4. The third-order valence-corrected chi connectivity index (χ3v) is 5.71. The smallest absolute Gasteiger partial charge is 0.135 e. The Bertz CT molecular complexity index is 516. The van der Waals surface area contributed by atoms with Crippen molar-refractivity contribution in [2.24, 2.45) is 17.8 Å². The van der Waals surface area contributed by atoms with E-state index in [0.717, 1.165) is 29.4 Å². The van der Waals surface area contributed by atoms with Gasteiger partial charge in [-0.3, -0.25) is 0 Å². The Hall–Kier alpha value is -1.32. The maximum absolute atomic E-state index is 5.97. The fraction of sp³-hybridized carbons (Fsp3) is 0.765. The van der Waals surface area contributed by atoms with E-state index in [1.165, 1.54) is 38.5 Å². The third kappa shape index (κ3) is 2.39. The predicted octanol–water partition coefficient (Wildman–Crippen LogP) is 3.56. The van der Waals surface area contributed by atoms with E-state index < -0.39 is 0 Å². The Labute approximate surface area is 126 Å². The summed E-state index contributed by atoms with van der Waals surface area (Å²) in [5.74, 6) is 5.49. The van der Waals surface area contributed by atoms with Gasteiger partial charge in [0.15, 0.2) is 0 Å². The standard InChI is InChI=1S/C17H26N4/c1-10(2)16-19-14(18)6-15(20-16)21-17-7-11-3-12(8-17)5-13(4-11)9-17/h6,10-13H,3-5,7-9H2,1-2H3,(H3,18,19,20,21). The fourth-order valence-electron chi connectivity index (χ4n) is 5.34. The molecule has 4 saturated carbocycles. The number of nitrogens with two attached hydrogens (primary N) is 1. The topological polar surface area (TPSA) is 63.8 Å². The molecule has 4 aliphatic rings. The van der Waals surface area contributed by atoms with Crippen molar-refractivity contribution < 1.29 is 0 Å². The van der Waals surface area contributed by atoms with Crippen LogP contribution in [0.1, 0.15) is 64.1 Å². The van der Waals surface area contributed by atoms with E-state index in [4.69, 9.17) is 10.7 Å². The first-order valence-corrected chi connectivity index (χ1v) is 8.44. The first-order chi connectivity index (χ1) is 10.0. The number of aromatic nitrogens is 2. The number of anilines is 2. The molecule has 0 atom stereocenters. The normalized spacial score (nSPS) is 37.2. The van der Waals surface area contributed by atoms with E-state index in [0.29, 0.717) is 11.7 Å². The Kier molecular flexibility index (Phi) is 2.92. The van der Waals surface area contributed by atoms with Gasteiger partial charge in [-0.25, -0.2) is 9.97 Å². The van der Waals surface area contributed by atoms with Crippen molar-refractivity contribution >= 4 is 11.6 Å². The zero-order valence-electron chi connectivity index (χ0n) is 13.1. The monoisotopic (exact) mass is 286 g/mol. The molecule has 1 heterocycles. The molecule has 4 bridgehead atoms. The third-order valence-electron chi connectivity index (χ3n) is 5.71. The minimum atomic E-state index is 0.282. The summed E-state index contributed by atoms with van der Waals surface area (Å²) in [6, 6.07) is 1.91. The van der Waals surface area contributed by atoms with Crippen LogP contribution in [0, 0.1) is 17.8 Å². The molecule has 3 N–H and O–H groups in total. The van der Waals surface area contributed by atoms with Crippen molar-refractivity contribution in [2.75, 3.05) is 11.1 Å². The molecule has 114 valence electrons. The minimum Gasteiger partial charge on any atom is -0.384 e. The summed E-state index contributed by atoms with van der Waals surface area (Å²) in [6.07, 6.45) is 8.35. The van der Waals surface area contributed by atoms with Gasteiger partial charge < -0.3 is 11.1 Å². The number of rotatable bonds is 3. The quantitative estimate of drug-likeness (QED) is 0.891. The molecular weight excluding hydrogens is 260 g/mol. The Morgan fingerprint density at radius 3 is 2.19 bits per heavy atom. The highest BCUT2D eigenvalue weighted by molar-refractivity contribution is 5.47. The Morgan fingerprint density at radius 2 is 1.67 bits per heavy atom. The van der Waals surface area contributed by atoms with Crippen molar-refractivity contribution in [1.82, 2.24) is 9.97 Å². The van der Waals surface area contributed by atoms with Gasteiger partial charge in [-0.15, -0.1) is 0 Å². The van der Waals surface area contributed by atoms with Crippen LogP contribution < -0.4 is 11.1 Å². The van der Waals surface area contributed by atoms with E-state index in [2.05, 4.69) is 24.1 Å². The lowest BCUT2D eigenvalue weighted by molar-refractivity contribution is 0.0105. The van der Waals surface area contributed by atoms with Crippen LogP contribution in [-0.4, -0.2) is 15.5 Å². The highest BCUT2D eigenvalue weighted by atomic mass is 15.1. The molecule has 0 saturated heterocycles. The van der Waals surface area contributed by atoms with E-state index in [1.54, 1.807) is 0 Å². The van der Waals surface area contributed by atoms with Crippen LogP contribution in [0.5, 0.6) is 0 Å². The molecule has 0 radical (unpaired) electrons. The summed E-state index contributed by atoms with van der Waals surface area (Å²) < 4.78 is 0. The van der Waals surface area contributed by atoms with Gasteiger partial charge in [0.1, 0.15) is 17.5 Å². The lowest BCUT2D eigenvalue weighted by Gasteiger charge is -2.57. The molecule has 0 spiro atoms. The van der Waals surface area contributed by atoms with E-state index in [1.807, 2.05) is 6.07 Å². The largest absolute Gasteiger partial charge is 0.384 e. The average molecular weight is 286 g/mol. The summed E-state index contributed by atoms with van der Waals surface area (Å²) >= 11 is 0. The second-order valence-corrected chi connectivity index (χ2v) is 8.01. The van der Waals surface area contributed by atoms with Gasteiger partial charge in [0.05, 0.1) is 0 Å². The average Bonchev–Trinajstić information content (AvgIpc) is 2.35. The zero-order chi connectivity index (χ0) is 14.6. The van der Waals surface area contributed by atoms with Gasteiger partial charge in [0.25, 0.3) is 0 Å². The zero-order valence-corrected chi connectivity index (χ0v) is 13.1. The van der Waals surface area contributed by atoms with Crippen LogP contribution >= 0.6 is 0 Å². The molecule has 0 aromatic carbocycles. The predicted molar refractivity (Wildman–Crippen MR) is 85.1 cm³/mol. The van der Waals surface area contributed by atoms with Crippen LogP contribution in [0.25, 0.3) is 0 Å². The van der Waals surface area contributed by atoms with Crippen LogP contribution in [-0.2, 0) is 0 Å². The lowest BCUT2D eigenvalue weighted by atomic mass is 9.53. The molecule has 0 aliphatic heterocycles. The second kappa shape index (κ2) is 4.59. The maximum Gasteiger partial charge on any atom is 0.135 e. The molecule has 5 rings (SSSR count).